The number of fused-ring (bicyclic) bond motifs is 1. The van der Waals surface area contributed by atoms with Gasteiger partial charge in [-0.15, -0.1) is 10.2 Å². The second-order valence-electron chi connectivity index (χ2n) is 6.65. The van der Waals surface area contributed by atoms with Crippen LogP contribution in [0, 0.1) is 0 Å². The van der Waals surface area contributed by atoms with E-state index in [0.717, 1.165) is 5.56 Å². The third-order valence-corrected chi connectivity index (χ3v) is 4.44. The number of carbonyl (C=O) groups excluding carboxylic acids is 1. The highest BCUT2D eigenvalue weighted by Crippen LogP contribution is 2.12. The zero-order chi connectivity index (χ0) is 19.9. The molecule has 8 nitrogen and oxygen atoms in total. The summed E-state index contributed by atoms with van der Waals surface area (Å²) in [7, 11) is 0. The highest BCUT2D eigenvalue weighted by molar-refractivity contribution is 5.75. The molecule has 0 radical (unpaired) electrons. The summed E-state index contributed by atoms with van der Waals surface area (Å²) in [5, 5.41) is 23.0. The van der Waals surface area contributed by atoms with Crippen LogP contribution in [-0.2, 0) is 11.2 Å². The number of urea groups is 1. The molecule has 3 rings (SSSR count). The zero-order valence-electron chi connectivity index (χ0n) is 15.6. The fourth-order valence-electron chi connectivity index (χ4n) is 3.06. The number of carboxylic acids is 1. The number of carboxylic acid groups (broad SMARTS) is 1. The molecule has 2 aromatic heterocycles. The van der Waals surface area contributed by atoms with Gasteiger partial charge >= 0.3 is 12.0 Å². The molecule has 0 aliphatic rings. The van der Waals surface area contributed by atoms with Crippen molar-refractivity contribution in [3.8, 4) is 0 Å². The largest absolute Gasteiger partial charge is 0.481 e. The number of benzene rings is 1. The van der Waals surface area contributed by atoms with Crippen molar-refractivity contribution in [1.29, 1.82) is 0 Å². The first kappa shape index (κ1) is 19.3. The molecule has 0 aliphatic carbocycles. The van der Waals surface area contributed by atoms with Gasteiger partial charge in [-0.25, -0.2) is 4.79 Å². The molecule has 146 valence electrons. The summed E-state index contributed by atoms with van der Waals surface area (Å²) in [6, 6.07) is 14.2. The van der Waals surface area contributed by atoms with Crippen LogP contribution in [0.15, 0.2) is 54.7 Å². The highest BCUT2D eigenvalue weighted by Gasteiger charge is 2.19. The average molecular weight is 381 g/mol. The van der Waals surface area contributed by atoms with Gasteiger partial charge in [0.2, 0.25) is 0 Å². The van der Waals surface area contributed by atoms with E-state index in [4.69, 9.17) is 5.11 Å². The van der Waals surface area contributed by atoms with Crippen molar-refractivity contribution in [2.75, 3.05) is 0 Å². The molecule has 0 bridgehead atoms. The van der Waals surface area contributed by atoms with Gasteiger partial charge in [0.1, 0.15) is 0 Å². The molecule has 2 atom stereocenters. The molecular formula is C20H23N5O3. The number of hydrogen-bond donors (Lipinski definition) is 3. The first-order chi connectivity index (χ1) is 13.5. The monoisotopic (exact) mass is 381 g/mol. The second-order valence-corrected chi connectivity index (χ2v) is 6.65. The average Bonchev–Trinajstić information content (AvgIpc) is 3.11. The number of nitrogens with zero attached hydrogens (tertiary/aromatic N) is 3. The van der Waals surface area contributed by atoms with Crippen LogP contribution in [0.25, 0.3) is 5.65 Å². The van der Waals surface area contributed by atoms with Crippen molar-refractivity contribution in [2.45, 2.75) is 38.3 Å². The number of nitrogens with one attached hydrogen (secondary N) is 2. The molecule has 3 aromatic rings. The number of hydrogen-bond acceptors (Lipinski definition) is 4. The van der Waals surface area contributed by atoms with Crippen molar-refractivity contribution >= 4 is 17.6 Å². The second kappa shape index (κ2) is 8.98. The van der Waals surface area contributed by atoms with E-state index >= 15 is 0 Å². The van der Waals surface area contributed by atoms with Crippen LogP contribution in [0.1, 0.15) is 37.2 Å². The Morgan fingerprint density at radius 3 is 2.57 bits per heavy atom. The van der Waals surface area contributed by atoms with Gasteiger partial charge in [-0.05, 0) is 37.5 Å². The van der Waals surface area contributed by atoms with Crippen LogP contribution in [0.2, 0.25) is 0 Å². The predicted molar refractivity (Wildman–Crippen MR) is 104 cm³/mol. The lowest BCUT2D eigenvalue weighted by atomic mass is 10.0. The fraction of sp³-hybridized carbons (Fsp3) is 0.300. The van der Waals surface area contributed by atoms with Crippen molar-refractivity contribution in [3.63, 3.8) is 0 Å². The summed E-state index contributed by atoms with van der Waals surface area (Å²) < 4.78 is 1.82. The lowest BCUT2D eigenvalue weighted by Crippen LogP contribution is -2.44. The molecule has 0 aliphatic heterocycles. The Balaban J connectivity index is 1.64. The molecule has 28 heavy (non-hydrogen) atoms. The van der Waals surface area contributed by atoms with Gasteiger partial charge in [0.25, 0.3) is 0 Å². The molecule has 0 fully saturated rings. The van der Waals surface area contributed by atoms with Crippen LogP contribution in [0.4, 0.5) is 4.79 Å². The Morgan fingerprint density at radius 1 is 1.07 bits per heavy atom. The molecule has 2 unspecified atom stereocenters. The van der Waals surface area contributed by atoms with Crippen molar-refractivity contribution in [3.05, 3.63) is 66.1 Å². The molecule has 8 heteroatoms. The Bertz CT molecular complexity index is 941. The minimum absolute atomic E-state index is 0.0118. The molecule has 0 saturated heterocycles. The quantitative estimate of drug-likeness (QED) is 0.556. The molecular weight excluding hydrogens is 358 g/mol. The summed E-state index contributed by atoms with van der Waals surface area (Å²) in [5.41, 5.74) is 1.74. The van der Waals surface area contributed by atoms with Gasteiger partial charge in [-0.3, -0.25) is 9.20 Å². The van der Waals surface area contributed by atoms with Crippen LogP contribution < -0.4 is 10.6 Å². The Labute approximate surface area is 162 Å². The zero-order valence-corrected chi connectivity index (χ0v) is 15.6. The molecule has 2 amide bonds. The fourth-order valence-corrected chi connectivity index (χ4v) is 3.06. The van der Waals surface area contributed by atoms with E-state index in [1.807, 2.05) is 66.1 Å². The van der Waals surface area contributed by atoms with Crippen molar-refractivity contribution in [2.24, 2.45) is 0 Å². The third-order valence-electron chi connectivity index (χ3n) is 4.44. The van der Waals surface area contributed by atoms with Gasteiger partial charge in [0.05, 0.1) is 6.04 Å². The first-order valence-corrected chi connectivity index (χ1v) is 9.15. The van der Waals surface area contributed by atoms with Gasteiger partial charge in [-0.1, -0.05) is 36.4 Å². The van der Waals surface area contributed by atoms with Gasteiger partial charge in [0.15, 0.2) is 11.5 Å². The molecule has 1 aromatic carbocycles. The summed E-state index contributed by atoms with van der Waals surface area (Å²) in [6.45, 7) is 1.83. The first-order valence-electron chi connectivity index (χ1n) is 9.15. The van der Waals surface area contributed by atoms with Gasteiger partial charge in [0, 0.05) is 18.7 Å². The number of aromatic nitrogens is 3. The Morgan fingerprint density at radius 2 is 1.82 bits per heavy atom. The summed E-state index contributed by atoms with van der Waals surface area (Å²) >= 11 is 0. The lowest BCUT2D eigenvalue weighted by Gasteiger charge is -2.20. The van der Waals surface area contributed by atoms with E-state index in [9.17, 15) is 9.59 Å². The minimum Gasteiger partial charge on any atom is -0.481 e. The van der Waals surface area contributed by atoms with E-state index in [1.54, 1.807) is 0 Å². The van der Waals surface area contributed by atoms with E-state index in [0.29, 0.717) is 24.3 Å². The van der Waals surface area contributed by atoms with Crippen molar-refractivity contribution < 1.29 is 14.7 Å². The van der Waals surface area contributed by atoms with Crippen molar-refractivity contribution in [1.82, 2.24) is 25.2 Å². The number of pyridine rings is 1. The predicted octanol–water partition coefficient (Wildman–Crippen LogP) is 2.57. The third kappa shape index (κ3) is 5.06. The number of amides is 2. The van der Waals surface area contributed by atoms with Gasteiger partial charge in [-0.2, -0.15) is 0 Å². The molecule has 0 saturated carbocycles. The normalized spacial score (nSPS) is 13.0. The van der Waals surface area contributed by atoms with Crippen LogP contribution in [0.3, 0.4) is 0 Å². The number of aliphatic carboxylic acids is 1. The number of rotatable bonds is 8. The topological polar surface area (TPSA) is 109 Å². The Hall–Kier alpha value is -3.42. The highest BCUT2D eigenvalue weighted by atomic mass is 16.4. The minimum atomic E-state index is -0.886. The maximum atomic E-state index is 12.5. The maximum absolute atomic E-state index is 12.5. The summed E-state index contributed by atoms with van der Waals surface area (Å²) in [6.07, 6.45) is 2.73. The maximum Gasteiger partial charge on any atom is 0.315 e. The number of carbonyl (C=O) groups is 2. The van der Waals surface area contributed by atoms with E-state index < -0.39 is 5.97 Å². The molecule has 2 heterocycles. The lowest BCUT2D eigenvalue weighted by molar-refractivity contribution is -0.137. The van der Waals surface area contributed by atoms with Crippen LogP contribution >= 0.6 is 0 Å². The van der Waals surface area contributed by atoms with Crippen LogP contribution in [-0.4, -0.2) is 37.7 Å². The molecule has 3 N–H and O–H groups in total. The van der Waals surface area contributed by atoms with Gasteiger partial charge < -0.3 is 15.7 Å². The molecule has 0 spiro atoms. The Kier molecular flexibility index (Phi) is 6.21. The van der Waals surface area contributed by atoms with E-state index in [-0.39, 0.29) is 24.5 Å². The standard InChI is InChI=1S/C20H23N5O3/c1-14(19-24-23-17-9-5-6-12-25(17)19)21-20(28)22-16(10-11-18(26)27)13-15-7-3-2-4-8-15/h2-9,12,14,16H,10-11,13H2,1H3,(H,26,27)(H2,21,22,28). The summed E-state index contributed by atoms with van der Waals surface area (Å²) in [4.78, 5) is 23.5. The van der Waals surface area contributed by atoms with E-state index in [1.165, 1.54) is 0 Å². The SMILES string of the molecule is CC(NC(=O)NC(CCC(=O)O)Cc1ccccc1)c1nnc2ccccn12. The smallest absolute Gasteiger partial charge is 0.315 e. The van der Waals surface area contributed by atoms with Crippen LogP contribution in [0.5, 0.6) is 0 Å². The van der Waals surface area contributed by atoms with E-state index in [2.05, 4.69) is 20.8 Å². The summed E-state index contributed by atoms with van der Waals surface area (Å²) in [5.74, 6) is -0.264.